The van der Waals surface area contributed by atoms with Crippen molar-refractivity contribution in [3.05, 3.63) is 23.2 Å². The standard InChI is InChI=1S/C12H15ClN4O2/c1-8(17-6-4-14-5-7-17)11-15-12(19-16-11)9-2-3-10(13)18-9/h2-3,8,14H,4-7H2,1H3. The van der Waals surface area contributed by atoms with Gasteiger partial charge in [0.1, 0.15) is 0 Å². The normalized spacial score (nSPS) is 18.6. The molecule has 1 N–H and O–H groups in total. The molecule has 2 aromatic rings. The maximum atomic E-state index is 5.73. The number of hydrogen-bond acceptors (Lipinski definition) is 6. The molecular formula is C12H15ClN4O2. The second kappa shape index (κ2) is 5.32. The van der Waals surface area contributed by atoms with Crippen LogP contribution in [-0.4, -0.2) is 41.2 Å². The minimum atomic E-state index is 0.130. The molecular weight excluding hydrogens is 268 g/mol. The van der Waals surface area contributed by atoms with Gasteiger partial charge >= 0.3 is 0 Å². The van der Waals surface area contributed by atoms with Crippen molar-refractivity contribution in [1.82, 2.24) is 20.4 Å². The summed E-state index contributed by atoms with van der Waals surface area (Å²) in [4.78, 5) is 6.70. The van der Waals surface area contributed by atoms with Crippen molar-refractivity contribution in [2.75, 3.05) is 26.2 Å². The SMILES string of the molecule is CC(c1noc(-c2ccc(Cl)o2)n1)N1CCNCC1. The summed E-state index contributed by atoms with van der Waals surface area (Å²) >= 11 is 5.73. The van der Waals surface area contributed by atoms with Gasteiger partial charge in [0.2, 0.25) is 0 Å². The molecule has 0 aliphatic carbocycles. The highest BCUT2D eigenvalue weighted by Crippen LogP contribution is 2.25. The van der Waals surface area contributed by atoms with Crippen LogP contribution in [0.15, 0.2) is 21.1 Å². The monoisotopic (exact) mass is 282 g/mol. The van der Waals surface area contributed by atoms with E-state index in [1.54, 1.807) is 12.1 Å². The van der Waals surface area contributed by atoms with Crippen LogP contribution in [0, 0.1) is 0 Å². The molecule has 19 heavy (non-hydrogen) atoms. The molecule has 0 radical (unpaired) electrons. The number of furan rings is 1. The zero-order valence-electron chi connectivity index (χ0n) is 10.6. The van der Waals surface area contributed by atoms with Gasteiger partial charge in [-0.15, -0.1) is 0 Å². The summed E-state index contributed by atoms with van der Waals surface area (Å²) in [6, 6.07) is 3.50. The summed E-state index contributed by atoms with van der Waals surface area (Å²) in [7, 11) is 0. The van der Waals surface area contributed by atoms with Gasteiger partial charge in [-0.3, -0.25) is 4.90 Å². The third-order valence-electron chi connectivity index (χ3n) is 3.30. The number of aromatic nitrogens is 2. The summed E-state index contributed by atoms with van der Waals surface area (Å²) in [5.74, 6) is 1.53. The summed E-state index contributed by atoms with van der Waals surface area (Å²) in [6.45, 7) is 6.02. The number of nitrogens with zero attached hydrogens (tertiary/aromatic N) is 3. The number of hydrogen-bond donors (Lipinski definition) is 1. The van der Waals surface area contributed by atoms with Gasteiger partial charge in [0.05, 0.1) is 6.04 Å². The Morgan fingerprint density at radius 2 is 2.16 bits per heavy atom. The minimum Gasteiger partial charge on any atom is -0.440 e. The largest absolute Gasteiger partial charge is 0.440 e. The van der Waals surface area contributed by atoms with Crippen molar-refractivity contribution in [3.8, 4) is 11.7 Å². The van der Waals surface area contributed by atoms with Gasteiger partial charge in [-0.25, -0.2) is 0 Å². The fraction of sp³-hybridized carbons (Fsp3) is 0.500. The van der Waals surface area contributed by atoms with E-state index in [9.17, 15) is 0 Å². The van der Waals surface area contributed by atoms with Crippen LogP contribution in [0.4, 0.5) is 0 Å². The van der Waals surface area contributed by atoms with Crippen LogP contribution in [0.2, 0.25) is 5.22 Å². The van der Waals surface area contributed by atoms with Crippen LogP contribution in [0.25, 0.3) is 11.7 Å². The van der Waals surface area contributed by atoms with Crippen molar-refractivity contribution in [3.63, 3.8) is 0 Å². The Bertz CT molecular complexity index is 547. The van der Waals surface area contributed by atoms with Crippen LogP contribution < -0.4 is 5.32 Å². The van der Waals surface area contributed by atoms with E-state index < -0.39 is 0 Å². The summed E-state index contributed by atoms with van der Waals surface area (Å²) in [6.07, 6.45) is 0. The summed E-state index contributed by atoms with van der Waals surface area (Å²) in [5, 5.41) is 7.66. The Hall–Kier alpha value is -1.37. The average molecular weight is 283 g/mol. The van der Waals surface area contributed by atoms with Crippen LogP contribution >= 0.6 is 11.6 Å². The highest BCUT2D eigenvalue weighted by Gasteiger charge is 2.23. The average Bonchev–Trinajstić information content (AvgIpc) is 3.07. The number of halogens is 1. The molecule has 0 saturated carbocycles. The van der Waals surface area contributed by atoms with Gasteiger partial charge in [0, 0.05) is 26.2 Å². The van der Waals surface area contributed by atoms with E-state index >= 15 is 0 Å². The molecule has 2 aromatic heterocycles. The lowest BCUT2D eigenvalue weighted by Crippen LogP contribution is -2.44. The lowest BCUT2D eigenvalue weighted by atomic mass is 10.2. The Morgan fingerprint density at radius 3 is 2.84 bits per heavy atom. The van der Waals surface area contributed by atoms with E-state index in [2.05, 4.69) is 27.3 Å². The molecule has 1 atom stereocenters. The first-order chi connectivity index (χ1) is 9.24. The van der Waals surface area contributed by atoms with Crippen LogP contribution in [0.3, 0.4) is 0 Å². The fourth-order valence-corrected chi connectivity index (χ4v) is 2.31. The van der Waals surface area contributed by atoms with Crippen molar-refractivity contribution in [2.24, 2.45) is 0 Å². The lowest BCUT2D eigenvalue weighted by Gasteiger charge is -2.30. The summed E-state index contributed by atoms with van der Waals surface area (Å²) in [5.41, 5.74) is 0. The zero-order chi connectivity index (χ0) is 13.2. The van der Waals surface area contributed by atoms with Crippen LogP contribution in [0.1, 0.15) is 18.8 Å². The number of nitrogens with one attached hydrogen (secondary N) is 1. The molecule has 1 aliphatic heterocycles. The first kappa shape index (κ1) is 12.7. The Morgan fingerprint density at radius 1 is 1.37 bits per heavy atom. The minimum absolute atomic E-state index is 0.130. The number of piperazine rings is 1. The third kappa shape index (κ3) is 2.65. The van der Waals surface area contributed by atoms with Crippen molar-refractivity contribution in [1.29, 1.82) is 0 Å². The first-order valence-corrected chi connectivity index (χ1v) is 6.66. The van der Waals surface area contributed by atoms with Gasteiger partial charge < -0.3 is 14.3 Å². The van der Waals surface area contributed by atoms with Gasteiger partial charge in [-0.1, -0.05) is 5.16 Å². The highest BCUT2D eigenvalue weighted by molar-refractivity contribution is 6.28. The van der Waals surface area contributed by atoms with Gasteiger partial charge in [-0.2, -0.15) is 4.98 Å². The van der Waals surface area contributed by atoms with Gasteiger partial charge in [0.25, 0.3) is 5.89 Å². The molecule has 1 unspecified atom stereocenters. The lowest BCUT2D eigenvalue weighted by molar-refractivity contribution is 0.176. The van der Waals surface area contributed by atoms with Crippen molar-refractivity contribution >= 4 is 11.6 Å². The van der Waals surface area contributed by atoms with Crippen molar-refractivity contribution in [2.45, 2.75) is 13.0 Å². The molecule has 6 nitrogen and oxygen atoms in total. The molecule has 3 rings (SSSR count). The van der Waals surface area contributed by atoms with E-state index in [4.69, 9.17) is 20.5 Å². The Kier molecular flexibility index (Phi) is 3.54. The highest BCUT2D eigenvalue weighted by atomic mass is 35.5. The van der Waals surface area contributed by atoms with E-state index in [1.807, 2.05) is 0 Å². The molecule has 3 heterocycles. The maximum absolute atomic E-state index is 5.73. The van der Waals surface area contributed by atoms with Crippen LogP contribution in [0.5, 0.6) is 0 Å². The molecule has 102 valence electrons. The van der Waals surface area contributed by atoms with Gasteiger partial charge in [-0.05, 0) is 30.7 Å². The quantitative estimate of drug-likeness (QED) is 0.928. The number of rotatable bonds is 3. The second-order valence-electron chi connectivity index (χ2n) is 4.52. The Labute approximate surface area is 115 Å². The molecule has 0 aromatic carbocycles. The molecule has 1 fully saturated rings. The molecule has 0 bridgehead atoms. The van der Waals surface area contributed by atoms with Crippen LogP contribution in [-0.2, 0) is 0 Å². The zero-order valence-corrected chi connectivity index (χ0v) is 11.4. The molecule has 1 saturated heterocycles. The first-order valence-electron chi connectivity index (χ1n) is 6.28. The second-order valence-corrected chi connectivity index (χ2v) is 4.90. The summed E-state index contributed by atoms with van der Waals surface area (Å²) < 4.78 is 10.5. The topological polar surface area (TPSA) is 67.3 Å². The predicted octanol–water partition coefficient (Wildman–Crippen LogP) is 1.95. The van der Waals surface area contributed by atoms with Crippen molar-refractivity contribution < 1.29 is 8.94 Å². The fourth-order valence-electron chi connectivity index (χ4n) is 2.17. The Balaban J connectivity index is 1.76. The van der Waals surface area contributed by atoms with E-state index in [1.165, 1.54) is 0 Å². The molecule has 0 amide bonds. The van der Waals surface area contributed by atoms with E-state index in [-0.39, 0.29) is 6.04 Å². The molecule has 1 aliphatic rings. The molecule has 0 spiro atoms. The van der Waals surface area contributed by atoms with Gasteiger partial charge in [0.15, 0.2) is 16.8 Å². The maximum Gasteiger partial charge on any atom is 0.293 e. The van der Waals surface area contributed by atoms with E-state index in [0.29, 0.717) is 22.7 Å². The van der Waals surface area contributed by atoms with E-state index in [0.717, 1.165) is 26.2 Å². The third-order valence-corrected chi connectivity index (χ3v) is 3.50. The smallest absolute Gasteiger partial charge is 0.293 e. The molecule has 7 heteroatoms. The predicted molar refractivity (Wildman–Crippen MR) is 69.9 cm³/mol.